The van der Waals surface area contributed by atoms with Crippen LogP contribution in [0.2, 0.25) is 0 Å². The van der Waals surface area contributed by atoms with Crippen LogP contribution in [0.3, 0.4) is 0 Å². The Hall–Kier alpha value is -1.49. The van der Waals surface area contributed by atoms with Crippen LogP contribution in [-0.2, 0) is 0 Å². The molecule has 0 aliphatic rings. The van der Waals surface area contributed by atoms with Gasteiger partial charge in [0.2, 0.25) is 0 Å². The fourth-order valence-electron chi connectivity index (χ4n) is 1.75. The van der Waals surface area contributed by atoms with E-state index in [9.17, 15) is 8.78 Å². The number of rotatable bonds is 4. The van der Waals surface area contributed by atoms with E-state index in [4.69, 9.17) is 0 Å². The van der Waals surface area contributed by atoms with Crippen molar-refractivity contribution in [2.75, 3.05) is 13.1 Å². The summed E-state index contributed by atoms with van der Waals surface area (Å²) in [6.07, 6.45) is 0. The number of aromatic nitrogens is 2. The predicted octanol–water partition coefficient (Wildman–Crippen LogP) is 2.55. The molecule has 1 heterocycles. The second-order valence-electron chi connectivity index (χ2n) is 4.11. The molecule has 1 aromatic heterocycles. The average molecular weight is 239 g/mol. The highest BCUT2D eigenvalue weighted by Crippen LogP contribution is 2.20. The Morgan fingerprint density at radius 3 is 2.88 bits per heavy atom. The normalized spacial score (nSPS) is 13.2. The van der Waals surface area contributed by atoms with Crippen molar-refractivity contribution < 1.29 is 8.78 Å². The number of nitrogens with zero attached hydrogens (tertiary/aromatic N) is 1. The molecular weight excluding hydrogens is 224 g/mol. The Kier molecular flexibility index (Phi) is 3.38. The maximum Gasteiger partial charge on any atom is 0.153 e. The Morgan fingerprint density at radius 1 is 1.41 bits per heavy atom. The monoisotopic (exact) mass is 239 g/mol. The molecule has 0 fully saturated rings. The van der Waals surface area contributed by atoms with Crippen LogP contribution in [-0.4, -0.2) is 23.1 Å². The maximum atomic E-state index is 13.4. The fourth-order valence-corrected chi connectivity index (χ4v) is 1.75. The minimum Gasteiger partial charge on any atom is -0.342 e. The largest absolute Gasteiger partial charge is 0.342 e. The topological polar surface area (TPSA) is 40.7 Å². The zero-order valence-corrected chi connectivity index (χ0v) is 9.85. The van der Waals surface area contributed by atoms with E-state index in [-0.39, 0.29) is 11.4 Å². The molecule has 0 amide bonds. The highest BCUT2D eigenvalue weighted by molar-refractivity contribution is 5.75. The number of benzene rings is 1. The Morgan fingerprint density at radius 2 is 2.18 bits per heavy atom. The van der Waals surface area contributed by atoms with Crippen LogP contribution in [0.4, 0.5) is 8.78 Å². The van der Waals surface area contributed by atoms with Crippen LogP contribution < -0.4 is 5.32 Å². The van der Waals surface area contributed by atoms with E-state index in [2.05, 4.69) is 15.3 Å². The molecule has 0 spiro atoms. The van der Waals surface area contributed by atoms with Gasteiger partial charge in [-0.3, -0.25) is 0 Å². The fraction of sp³-hybridized carbons (Fsp3) is 0.417. The molecule has 1 unspecified atom stereocenters. The number of nitrogens with one attached hydrogen (secondary N) is 2. The molecular formula is C12H15F2N3. The second-order valence-corrected chi connectivity index (χ2v) is 4.11. The van der Waals surface area contributed by atoms with Gasteiger partial charge >= 0.3 is 0 Å². The molecule has 0 saturated carbocycles. The number of aromatic amines is 1. The molecule has 2 aromatic rings. The molecule has 0 aliphatic carbocycles. The van der Waals surface area contributed by atoms with Crippen molar-refractivity contribution in [3.05, 3.63) is 29.6 Å². The summed E-state index contributed by atoms with van der Waals surface area (Å²) in [5, 5.41) is 3.19. The lowest BCUT2D eigenvalue weighted by atomic mass is 10.2. The molecule has 2 N–H and O–H groups in total. The summed E-state index contributed by atoms with van der Waals surface area (Å²) in [7, 11) is 0. The van der Waals surface area contributed by atoms with Crippen molar-refractivity contribution in [2.24, 2.45) is 0 Å². The number of halogens is 2. The first-order valence-corrected chi connectivity index (χ1v) is 5.67. The average Bonchev–Trinajstić information content (AvgIpc) is 2.69. The van der Waals surface area contributed by atoms with Gasteiger partial charge in [-0.05, 0) is 12.6 Å². The van der Waals surface area contributed by atoms with E-state index in [1.54, 1.807) is 0 Å². The standard InChI is InChI=1S/C12H15F2N3/c1-3-15-6-7(2)12-16-10-5-8(13)4-9(14)11(10)17-12/h4-5,7,15H,3,6H2,1-2H3,(H,16,17). The molecule has 5 heteroatoms. The zero-order valence-electron chi connectivity index (χ0n) is 9.85. The highest BCUT2D eigenvalue weighted by Gasteiger charge is 2.13. The van der Waals surface area contributed by atoms with Gasteiger partial charge in [0.1, 0.15) is 17.2 Å². The van der Waals surface area contributed by atoms with Gasteiger partial charge in [0.15, 0.2) is 5.82 Å². The summed E-state index contributed by atoms with van der Waals surface area (Å²) in [6, 6.07) is 2.11. The van der Waals surface area contributed by atoms with Crippen molar-refractivity contribution in [1.29, 1.82) is 0 Å². The van der Waals surface area contributed by atoms with E-state index in [0.717, 1.165) is 19.2 Å². The Bertz CT molecular complexity index is 522. The van der Waals surface area contributed by atoms with E-state index < -0.39 is 11.6 Å². The number of imidazole rings is 1. The van der Waals surface area contributed by atoms with Crippen LogP contribution in [0.15, 0.2) is 12.1 Å². The third-order valence-electron chi connectivity index (χ3n) is 2.69. The van der Waals surface area contributed by atoms with Gasteiger partial charge in [-0.25, -0.2) is 13.8 Å². The van der Waals surface area contributed by atoms with E-state index >= 15 is 0 Å². The first-order valence-electron chi connectivity index (χ1n) is 5.67. The number of H-pyrrole nitrogens is 1. The SMILES string of the molecule is CCNCC(C)c1nc2c(F)cc(F)cc2[nH]1. The quantitative estimate of drug-likeness (QED) is 0.860. The van der Waals surface area contributed by atoms with E-state index in [0.29, 0.717) is 11.3 Å². The van der Waals surface area contributed by atoms with Crippen molar-refractivity contribution in [2.45, 2.75) is 19.8 Å². The molecule has 1 aromatic carbocycles. The molecule has 0 radical (unpaired) electrons. The lowest BCUT2D eigenvalue weighted by Crippen LogP contribution is -2.20. The Balaban J connectivity index is 2.34. The number of fused-ring (bicyclic) bond motifs is 1. The maximum absolute atomic E-state index is 13.4. The number of hydrogen-bond acceptors (Lipinski definition) is 2. The van der Waals surface area contributed by atoms with Gasteiger partial charge < -0.3 is 10.3 Å². The molecule has 92 valence electrons. The van der Waals surface area contributed by atoms with Crippen molar-refractivity contribution in [1.82, 2.24) is 15.3 Å². The number of hydrogen-bond donors (Lipinski definition) is 2. The van der Waals surface area contributed by atoms with E-state index in [1.807, 2.05) is 13.8 Å². The van der Waals surface area contributed by atoms with Crippen LogP contribution in [0, 0.1) is 11.6 Å². The summed E-state index contributed by atoms with van der Waals surface area (Å²) in [5.74, 6) is -0.419. The van der Waals surface area contributed by atoms with Crippen LogP contribution >= 0.6 is 0 Å². The smallest absolute Gasteiger partial charge is 0.153 e. The lowest BCUT2D eigenvalue weighted by Gasteiger charge is -2.07. The Labute approximate surface area is 98.2 Å². The first kappa shape index (κ1) is 12.0. The van der Waals surface area contributed by atoms with Crippen LogP contribution in [0.1, 0.15) is 25.6 Å². The van der Waals surface area contributed by atoms with Crippen LogP contribution in [0.5, 0.6) is 0 Å². The molecule has 17 heavy (non-hydrogen) atoms. The summed E-state index contributed by atoms with van der Waals surface area (Å²) < 4.78 is 26.4. The zero-order chi connectivity index (χ0) is 12.4. The van der Waals surface area contributed by atoms with Crippen molar-refractivity contribution >= 4 is 11.0 Å². The van der Waals surface area contributed by atoms with Gasteiger partial charge in [-0.1, -0.05) is 13.8 Å². The van der Waals surface area contributed by atoms with Crippen molar-refractivity contribution in [3.63, 3.8) is 0 Å². The summed E-state index contributed by atoms with van der Waals surface area (Å²) in [4.78, 5) is 7.12. The molecule has 0 aliphatic heterocycles. The van der Waals surface area contributed by atoms with E-state index in [1.165, 1.54) is 6.07 Å². The van der Waals surface area contributed by atoms with Gasteiger partial charge in [0.25, 0.3) is 0 Å². The first-order chi connectivity index (χ1) is 8.11. The van der Waals surface area contributed by atoms with Gasteiger partial charge in [0, 0.05) is 18.5 Å². The van der Waals surface area contributed by atoms with Gasteiger partial charge in [-0.2, -0.15) is 0 Å². The van der Waals surface area contributed by atoms with Gasteiger partial charge in [-0.15, -0.1) is 0 Å². The van der Waals surface area contributed by atoms with Crippen molar-refractivity contribution in [3.8, 4) is 0 Å². The predicted molar refractivity (Wildman–Crippen MR) is 63.0 cm³/mol. The highest BCUT2D eigenvalue weighted by atomic mass is 19.1. The van der Waals surface area contributed by atoms with Crippen LogP contribution in [0.25, 0.3) is 11.0 Å². The molecule has 0 saturated heterocycles. The second kappa shape index (κ2) is 4.79. The minimum atomic E-state index is -0.627. The summed E-state index contributed by atoms with van der Waals surface area (Å²) >= 11 is 0. The number of likely N-dealkylation sites (N-methyl/N-ethyl adjacent to an activating group) is 1. The third-order valence-corrected chi connectivity index (χ3v) is 2.69. The van der Waals surface area contributed by atoms with Gasteiger partial charge in [0.05, 0.1) is 5.52 Å². The molecule has 0 bridgehead atoms. The lowest BCUT2D eigenvalue weighted by molar-refractivity contribution is 0.590. The molecule has 1 atom stereocenters. The molecule has 2 rings (SSSR count). The summed E-state index contributed by atoms with van der Waals surface area (Å²) in [5.41, 5.74) is 0.602. The molecule has 3 nitrogen and oxygen atoms in total. The minimum absolute atomic E-state index is 0.129. The third kappa shape index (κ3) is 2.44. The summed E-state index contributed by atoms with van der Waals surface area (Å²) in [6.45, 7) is 5.61.